The number of rotatable bonds is 5. The van der Waals surface area contributed by atoms with Gasteiger partial charge >= 0.3 is 0 Å². The highest BCUT2D eigenvalue weighted by atomic mass is 16.7. The Bertz CT molecular complexity index is 776. The minimum atomic E-state index is -0.327. The van der Waals surface area contributed by atoms with Gasteiger partial charge in [-0.3, -0.25) is 4.79 Å². The van der Waals surface area contributed by atoms with Crippen LogP contribution in [0, 0.1) is 0 Å². The zero-order chi connectivity index (χ0) is 18.1. The lowest BCUT2D eigenvalue weighted by Gasteiger charge is -2.14. The number of nitrogens with one attached hydrogen (secondary N) is 2. The topological polar surface area (TPSA) is 93.5 Å². The Morgan fingerprint density at radius 1 is 1.46 bits per heavy atom. The number of ether oxygens (including phenoxy) is 1. The Morgan fingerprint density at radius 2 is 2.35 bits per heavy atom. The van der Waals surface area contributed by atoms with Gasteiger partial charge in [0.25, 0.3) is 5.91 Å². The van der Waals surface area contributed by atoms with Gasteiger partial charge in [0, 0.05) is 19.1 Å². The molecule has 0 spiro atoms. The number of hydrogen-bond acceptors (Lipinski definition) is 7. The Hall–Kier alpha value is -2.45. The predicted octanol–water partition coefficient (Wildman–Crippen LogP) is 1.21. The van der Waals surface area contributed by atoms with E-state index >= 15 is 0 Å². The van der Waals surface area contributed by atoms with Crippen LogP contribution in [0.2, 0.25) is 0 Å². The molecule has 138 valence electrons. The highest BCUT2D eigenvalue weighted by Gasteiger charge is 2.29. The number of aryl methyl sites for hydroxylation is 1. The number of carbonyl (C=O) groups is 1. The van der Waals surface area contributed by atoms with E-state index < -0.39 is 0 Å². The molecule has 4 rings (SSSR count). The Balaban J connectivity index is 1.45. The number of aliphatic imine (C=N–C) groups is 1. The van der Waals surface area contributed by atoms with Gasteiger partial charge < -0.3 is 14.9 Å². The first-order valence-corrected chi connectivity index (χ1v) is 8.79. The summed E-state index contributed by atoms with van der Waals surface area (Å²) < 4.78 is 5.05. The number of methoxy groups -OCH3 is 1. The third-order valence-corrected chi connectivity index (χ3v) is 4.76. The zero-order valence-electron chi connectivity index (χ0n) is 14.8. The molecule has 1 aromatic carbocycles. The van der Waals surface area contributed by atoms with Crippen LogP contribution in [0.1, 0.15) is 42.5 Å². The molecule has 1 aromatic rings. The molecule has 0 bridgehead atoms. The van der Waals surface area contributed by atoms with Crippen molar-refractivity contribution in [3.8, 4) is 0 Å². The lowest BCUT2D eigenvalue weighted by Crippen LogP contribution is -2.33. The van der Waals surface area contributed by atoms with Crippen molar-refractivity contribution in [2.45, 2.75) is 44.6 Å². The number of fused-ring (bicyclic) bond motifs is 1. The minimum absolute atomic E-state index is 0.00104. The normalized spacial score (nSPS) is 26.6. The van der Waals surface area contributed by atoms with E-state index in [9.17, 15) is 4.79 Å². The molecule has 2 aliphatic heterocycles. The molecular formula is C18H22N4O4. The average molecular weight is 358 g/mol. The Morgan fingerprint density at radius 3 is 3.12 bits per heavy atom. The first kappa shape index (κ1) is 17.0. The molecule has 3 atom stereocenters. The van der Waals surface area contributed by atoms with Crippen LogP contribution in [-0.2, 0) is 25.6 Å². The highest BCUT2D eigenvalue weighted by Crippen LogP contribution is 2.32. The van der Waals surface area contributed by atoms with Crippen LogP contribution in [-0.4, -0.2) is 43.5 Å². The summed E-state index contributed by atoms with van der Waals surface area (Å²) in [5, 5.41) is 6.93. The largest absolute Gasteiger partial charge is 0.392 e. The molecule has 2 N–H and O–H groups in total. The fraction of sp³-hybridized carbons (Fsp3) is 0.500. The van der Waals surface area contributed by atoms with Gasteiger partial charge in [0.1, 0.15) is 11.8 Å². The monoisotopic (exact) mass is 358 g/mol. The number of hydrogen-bond donors (Lipinski definition) is 2. The third kappa shape index (κ3) is 3.30. The lowest BCUT2D eigenvalue weighted by molar-refractivity contribution is -0.115. The number of amides is 1. The number of oxime groups is 1. The second-order valence-electron chi connectivity index (χ2n) is 6.74. The van der Waals surface area contributed by atoms with Crippen LogP contribution < -0.4 is 10.8 Å². The maximum Gasteiger partial charge on any atom is 0.269 e. The molecule has 0 saturated heterocycles. The van der Waals surface area contributed by atoms with Crippen LogP contribution in [0.5, 0.6) is 0 Å². The smallest absolute Gasteiger partial charge is 0.269 e. The molecule has 0 radical (unpaired) electrons. The van der Waals surface area contributed by atoms with E-state index in [1.807, 2.05) is 19.1 Å². The van der Waals surface area contributed by atoms with E-state index in [0.29, 0.717) is 24.6 Å². The summed E-state index contributed by atoms with van der Waals surface area (Å²) >= 11 is 0. The molecule has 2 heterocycles. The SMILES string of the molecule is COCC1N=C(c2ccc3c(c2)CC[C@H]3NC(=O)C2=NOC(C)C2)NO1. The summed E-state index contributed by atoms with van der Waals surface area (Å²) in [4.78, 5) is 27.3. The van der Waals surface area contributed by atoms with E-state index in [1.54, 1.807) is 7.11 Å². The molecule has 0 aromatic heterocycles. The quantitative estimate of drug-likeness (QED) is 0.825. The van der Waals surface area contributed by atoms with Crippen molar-refractivity contribution in [3.05, 3.63) is 34.9 Å². The molecule has 8 heteroatoms. The first-order valence-electron chi connectivity index (χ1n) is 8.79. The number of carbonyl (C=O) groups excluding carboxylic acids is 1. The maximum atomic E-state index is 12.4. The van der Waals surface area contributed by atoms with Gasteiger partial charge in [-0.25, -0.2) is 15.3 Å². The van der Waals surface area contributed by atoms with E-state index in [4.69, 9.17) is 14.4 Å². The zero-order valence-corrected chi connectivity index (χ0v) is 14.8. The molecular weight excluding hydrogens is 336 g/mol. The summed E-state index contributed by atoms with van der Waals surface area (Å²) in [6.45, 7) is 2.30. The highest BCUT2D eigenvalue weighted by molar-refractivity contribution is 6.39. The standard InChI is InChI=1S/C18H22N4O4/c1-10-7-15(21-25-10)18(23)19-14-6-4-11-8-12(3-5-13(11)14)17-20-16(9-24-2)26-22-17/h3,5,8,10,14,16H,4,6-7,9H2,1-2H3,(H,19,23)(H,20,22)/t10?,14-,16?/m1/s1. The Kier molecular flexibility index (Phi) is 4.60. The van der Waals surface area contributed by atoms with Crippen molar-refractivity contribution in [1.29, 1.82) is 0 Å². The number of hydroxylamine groups is 1. The summed E-state index contributed by atoms with van der Waals surface area (Å²) in [7, 11) is 1.62. The fourth-order valence-electron chi connectivity index (χ4n) is 3.46. The molecule has 2 unspecified atom stereocenters. The van der Waals surface area contributed by atoms with Crippen molar-refractivity contribution in [1.82, 2.24) is 10.8 Å². The number of nitrogens with zero attached hydrogens (tertiary/aromatic N) is 2. The van der Waals surface area contributed by atoms with Gasteiger partial charge in [0.05, 0.1) is 12.6 Å². The van der Waals surface area contributed by atoms with Crippen molar-refractivity contribution in [3.63, 3.8) is 0 Å². The Labute approximate surface area is 151 Å². The van der Waals surface area contributed by atoms with Gasteiger partial charge in [-0.1, -0.05) is 17.3 Å². The molecule has 0 saturated carbocycles. The summed E-state index contributed by atoms with van der Waals surface area (Å²) in [6, 6.07) is 6.14. The molecule has 0 fully saturated rings. The second kappa shape index (κ2) is 7.05. The van der Waals surface area contributed by atoms with Crippen molar-refractivity contribution in [2.75, 3.05) is 13.7 Å². The van der Waals surface area contributed by atoms with Crippen LogP contribution in [0.25, 0.3) is 0 Å². The van der Waals surface area contributed by atoms with Crippen LogP contribution in [0.4, 0.5) is 0 Å². The molecule has 8 nitrogen and oxygen atoms in total. The average Bonchev–Trinajstić information content (AvgIpc) is 3.35. The summed E-state index contributed by atoms with van der Waals surface area (Å²) in [6.07, 6.45) is 1.98. The van der Waals surface area contributed by atoms with Gasteiger partial charge in [0.15, 0.2) is 12.1 Å². The first-order chi connectivity index (χ1) is 12.6. The van der Waals surface area contributed by atoms with Gasteiger partial charge in [-0.05, 0) is 37.0 Å². The minimum Gasteiger partial charge on any atom is -0.392 e. The van der Waals surface area contributed by atoms with Crippen molar-refractivity contribution in [2.24, 2.45) is 10.1 Å². The number of amidine groups is 1. The summed E-state index contributed by atoms with van der Waals surface area (Å²) in [5.74, 6) is 0.558. The van der Waals surface area contributed by atoms with E-state index in [1.165, 1.54) is 5.56 Å². The second-order valence-corrected chi connectivity index (χ2v) is 6.74. The van der Waals surface area contributed by atoms with Crippen molar-refractivity contribution >= 4 is 17.5 Å². The molecule has 26 heavy (non-hydrogen) atoms. The fourth-order valence-corrected chi connectivity index (χ4v) is 3.46. The van der Waals surface area contributed by atoms with Gasteiger partial charge in [0.2, 0.25) is 0 Å². The van der Waals surface area contributed by atoms with Gasteiger partial charge in [-0.15, -0.1) is 0 Å². The summed E-state index contributed by atoms with van der Waals surface area (Å²) in [5.41, 5.74) is 6.64. The predicted molar refractivity (Wildman–Crippen MR) is 94.7 cm³/mol. The van der Waals surface area contributed by atoms with E-state index in [2.05, 4.69) is 27.0 Å². The van der Waals surface area contributed by atoms with Crippen LogP contribution >= 0.6 is 0 Å². The van der Waals surface area contributed by atoms with Gasteiger partial charge in [-0.2, -0.15) is 0 Å². The van der Waals surface area contributed by atoms with Crippen molar-refractivity contribution < 1.29 is 19.2 Å². The maximum absolute atomic E-state index is 12.4. The molecule has 1 aliphatic carbocycles. The molecule has 3 aliphatic rings. The number of benzene rings is 1. The third-order valence-electron chi connectivity index (χ3n) is 4.76. The molecule has 1 amide bonds. The van der Waals surface area contributed by atoms with E-state index in [0.717, 1.165) is 24.0 Å². The lowest BCUT2D eigenvalue weighted by atomic mass is 10.0. The van der Waals surface area contributed by atoms with E-state index in [-0.39, 0.29) is 24.3 Å². The van der Waals surface area contributed by atoms with Crippen LogP contribution in [0.15, 0.2) is 28.3 Å². The van der Waals surface area contributed by atoms with Crippen LogP contribution in [0.3, 0.4) is 0 Å².